The van der Waals surface area contributed by atoms with Gasteiger partial charge < -0.3 is 30.2 Å². The van der Waals surface area contributed by atoms with Crippen molar-refractivity contribution in [2.24, 2.45) is 7.05 Å². The number of morpholine rings is 1. The van der Waals surface area contributed by atoms with E-state index >= 15 is 0 Å². The fraction of sp³-hybridized carbons (Fsp3) is 0.263. The Balaban J connectivity index is 1.46. The van der Waals surface area contributed by atoms with E-state index in [1.165, 1.54) is 10.6 Å². The van der Waals surface area contributed by atoms with Crippen LogP contribution in [0.1, 0.15) is 52.6 Å². The van der Waals surface area contributed by atoms with Gasteiger partial charge in [-0.1, -0.05) is 39.5 Å². The molecule has 0 aliphatic carbocycles. The quantitative estimate of drug-likeness (QED) is 0.195. The van der Waals surface area contributed by atoms with E-state index in [4.69, 9.17) is 4.74 Å². The molecule has 0 saturated carbocycles. The van der Waals surface area contributed by atoms with Gasteiger partial charge in [-0.25, -0.2) is 0 Å². The molecule has 0 unspecified atom stereocenters. The number of benzene rings is 3. The summed E-state index contributed by atoms with van der Waals surface area (Å²) in [6, 6.07) is 19.7. The number of nitrogens with zero attached hydrogens (tertiary/aromatic N) is 2. The molecular weight excluding hydrogens is 606 g/mol. The predicted octanol–water partition coefficient (Wildman–Crippen LogP) is 6.25. The van der Waals surface area contributed by atoms with Crippen LogP contribution in [0, 0.1) is 6.92 Å². The van der Waals surface area contributed by atoms with Crippen LogP contribution in [0.3, 0.4) is 0 Å². The number of anilines is 4. The maximum absolute atomic E-state index is 13.4. The van der Waals surface area contributed by atoms with Crippen molar-refractivity contribution < 1.29 is 19.1 Å². The Hall–Kier alpha value is -5.48. The molecule has 5 rings (SSSR count). The van der Waals surface area contributed by atoms with Gasteiger partial charge in [-0.05, 0) is 89.7 Å². The van der Waals surface area contributed by atoms with Crippen molar-refractivity contribution in [3.63, 3.8) is 0 Å². The smallest absolute Gasteiger partial charge is 0.274 e. The molecule has 0 spiro atoms. The first-order chi connectivity index (χ1) is 22.8. The lowest BCUT2D eigenvalue weighted by molar-refractivity contribution is -0.111. The standard InChI is InChI=1S/C38H41N5O5/c1-7-34(44)40-30-21-31(24(2)32(22-30)41-35(45)25-8-12-28(13-9-25)38(3,4)5)27-20-33(37(47)42(6)23-27)39-29-14-10-26(11-15-29)36(46)43-16-18-48-19-17-43/h7-15,20-23,39H,1,16-19H2,2-6H3,(H,40,44)(H,41,45). The fourth-order valence-electron chi connectivity index (χ4n) is 5.47. The number of aryl methyl sites for hydroxylation is 1. The molecule has 248 valence electrons. The van der Waals surface area contributed by atoms with Gasteiger partial charge in [0.25, 0.3) is 17.4 Å². The summed E-state index contributed by atoms with van der Waals surface area (Å²) in [5, 5.41) is 9.00. The first kappa shape index (κ1) is 33.9. The summed E-state index contributed by atoms with van der Waals surface area (Å²) in [6.45, 7) is 13.9. The minimum atomic E-state index is -0.404. The topological polar surface area (TPSA) is 122 Å². The number of carbonyl (C=O) groups is 3. The number of rotatable bonds is 8. The summed E-state index contributed by atoms with van der Waals surface area (Å²) in [7, 11) is 1.66. The zero-order valence-corrected chi connectivity index (χ0v) is 28.0. The van der Waals surface area contributed by atoms with Gasteiger partial charge in [-0.2, -0.15) is 0 Å². The van der Waals surface area contributed by atoms with Gasteiger partial charge in [0.2, 0.25) is 5.91 Å². The second-order valence-electron chi connectivity index (χ2n) is 12.8. The van der Waals surface area contributed by atoms with Crippen LogP contribution in [0.5, 0.6) is 0 Å². The SMILES string of the molecule is C=CC(=O)Nc1cc(NC(=O)c2ccc(C(C)(C)C)cc2)c(C)c(-c2cc(Nc3ccc(C(=O)N4CCOCC4)cc3)c(=O)n(C)c2)c1. The maximum Gasteiger partial charge on any atom is 0.274 e. The van der Waals surface area contributed by atoms with Crippen LogP contribution in [0.4, 0.5) is 22.7 Å². The number of amides is 3. The van der Waals surface area contributed by atoms with Crippen LogP contribution in [0.2, 0.25) is 0 Å². The van der Waals surface area contributed by atoms with Crippen molar-refractivity contribution >= 4 is 40.5 Å². The molecule has 1 fully saturated rings. The van der Waals surface area contributed by atoms with Crippen molar-refractivity contribution in [2.45, 2.75) is 33.1 Å². The van der Waals surface area contributed by atoms with E-state index in [9.17, 15) is 19.2 Å². The summed E-state index contributed by atoms with van der Waals surface area (Å²) in [5.41, 5.74) is 5.86. The molecule has 10 nitrogen and oxygen atoms in total. The highest BCUT2D eigenvalue weighted by Gasteiger charge is 2.20. The molecule has 48 heavy (non-hydrogen) atoms. The third-order valence-corrected chi connectivity index (χ3v) is 8.33. The van der Waals surface area contributed by atoms with E-state index in [1.54, 1.807) is 72.7 Å². The van der Waals surface area contributed by atoms with Crippen molar-refractivity contribution in [3.8, 4) is 11.1 Å². The van der Waals surface area contributed by atoms with Gasteiger partial charge in [0.15, 0.2) is 0 Å². The summed E-state index contributed by atoms with van der Waals surface area (Å²) >= 11 is 0. The third kappa shape index (κ3) is 7.72. The molecule has 1 aliphatic rings. The number of hydrogen-bond donors (Lipinski definition) is 3. The van der Waals surface area contributed by atoms with Crippen LogP contribution < -0.4 is 21.5 Å². The lowest BCUT2D eigenvalue weighted by atomic mass is 9.86. The predicted molar refractivity (Wildman–Crippen MR) is 190 cm³/mol. The lowest BCUT2D eigenvalue weighted by Crippen LogP contribution is -2.40. The first-order valence-corrected chi connectivity index (χ1v) is 15.8. The van der Waals surface area contributed by atoms with E-state index in [1.807, 2.05) is 19.1 Å². The Kier molecular flexibility index (Phi) is 9.95. The molecule has 3 aromatic carbocycles. The highest BCUT2D eigenvalue weighted by Crippen LogP contribution is 2.34. The van der Waals surface area contributed by atoms with E-state index in [2.05, 4.69) is 43.3 Å². The Morgan fingerprint density at radius 3 is 2.12 bits per heavy atom. The molecular formula is C38H41N5O5. The normalized spacial score (nSPS) is 13.1. The van der Waals surface area contributed by atoms with Gasteiger partial charge in [-0.15, -0.1) is 0 Å². The van der Waals surface area contributed by atoms with E-state index in [0.717, 1.165) is 11.1 Å². The van der Waals surface area contributed by atoms with Crippen molar-refractivity contribution in [1.82, 2.24) is 9.47 Å². The molecule has 2 heterocycles. The van der Waals surface area contributed by atoms with E-state index in [-0.39, 0.29) is 22.8 Å². The number of carbonyl (C=O) groups excluding carboxylic acids is 3. The Labute approximate surface area is 280 Å². The van der Waals surface area contributed by atoms with E-state index < -0.39 is 5.91 Å². The molecule has 0 atom stereocenters. The summed E-state index contributed by atoms with van der Waals surface area (Å²) in [4.78, 5) is 53.5. The van der Waals surface area contributed by atoms with Crippen LogP contribution >= 0.6 is 0 Å². The van der Waals surface area contributed by atoms with Gasteiger partial charge >= 0.3 is 0 Å². The van der Waals surface area contributed by atoms with E-state index in [0.29, 0.717) is 71.3 Å². The maximum atomic E-state index is 13.4. The minimum Gasteiger partial charge on any atom is -0.378 e. The average molecular weight is 648 g/mol. The molecule has 0 radical (unpaired) electrons. The number of aromatic nitrogens is 1. The van der Waals surface area contributed by atoms with Gasteiger partial charge in [0, 0.05) is 60.1 Å². The van der Waals surface area contributed by atoms with Crippen molar-refractivity contribution in [3.05, 3.63) is 118 Å². The molecule has 1 saturated heterocycles. The molecule has 3 N–H and O–H groups in total. The Bertz CT molecular complexity index is 1920. The number of hydrogen-bond acceptors (Lipinski definition) is 6. The Morgan fingerprint density at radius 1 is 0.854 bits per heavy atom. The van der Waals surface area contributed by atoms with Crippen molar-refractivity contribution in [2.75, 3.05) is 42.3 Å². The summed E-state index contributed by atoms with van der Waals surface area (Å²) in [5.74, 6) is -0.764. The monoisotopic (exact) mass is 647 g/mol. The minimum absolute atomic E-state index is 0.0484. The molecule has 1 aliphatic heterocycles. The molecule has 3 amide bonds. The zero-order valence-electron chi connectivity index (χ0n) is 28.0. The largest absolute Gasteiger partial charge is 0.378 e. The number of nitrogens with one attached hydrogen (secondary N) is 3. The average Bonchev–Trinajstić information content (AvgIpc) is 3.08. The first-order valence-electron chi connectivity index (χ1n) is 15.8. The van der Waals surface area contributed by atoms with Crippen LogP contribution in [-0.4, -0.2) is 53.5 Å². The summed E-state index contributed by atoms with van der Waals surface area (Å²) < 4.78 is 6.82. The van der Waals surface area contributed by atoms with Crippen LogP contribution in [0.15, 0.2) is 90.4 Å². The summed E-state index contributed by atoms with van der Waals surface area (Å²) in [6.07, 6.45) is 2.87. The third-order valence-electron chi connectivity index (χ3n) is 8.33. The van der Waals surface area contributed by atoms with Crippen molar-refractivity contribution in [1.29, 1.82) is 0 Å². The van der Waals surface area contributed by atoms with Gasteiger partial charge in [0.05, 0.1) is 13.2 Å². The van der Waals surface area contributed by atoms with Gasteiger partial charge in [-0.3, -0.25) is 19.2 Å². The Morgan fingerprint density at radius 2 is 1.50 bits per heavy atom. The highest BCUT2D eigenvalue weighted by atomic mass is 16.5. The van der Waals surface area contributed by atoms with Gasteiger partial charge in [0.1, 0.15) is 5.69 Å². The molecule has 1 aromatic heterocycles. The number of ether oxygens (including phenoxy) is 1. The van der Waals surface area contributed by atoms with Crippen LogP contribution in [-0.2, 0) is 22.0 Å². The second-order valence-corrected chi connectivity index (χ2v) is 12.8. The lowest BCUT2D eigenvalue weighted by Gasteiger charge is -2.26. The molecule has 10 heteroatoms. The van der Waals surface area contributed by atoms with Crippen LogP contribution in [0.25, 0.3) is 11.1 Å². The molecule has 0 bridgehead atoms. The highest BCUT2D eigenvalue weighted by molar-refractivity contribution is 6.06. The second kappa shape index (κ2) is 14.1. The number of pyridine rings is 1. The fourth-order valence-corrected chi connectivity index (χ4v) is 5.47. The molecule has 4 aromatic rings. The zero-order chi connectivity index (χ0) is 34.6.